The molecule has 0 aliphatic heterocycles. The van der Waals surface area contributed by atoms with Crippen molar-refractivity contribution in [1.82, 2.24) is 0 Å². The quantitative estimate of drug-likeness (QED) is 0.0958. The van der Waals surface area contributed by atoms with Gasteiger partial charge in [-0.05, 0) is 51.5 Å². The Morgan fingerprint density at radius 2 is 1.23 bits per heavy atom. The van der Waals surface area contributed by atoms with Crippen molar-refractivity contribution in [2.24, 2.45) is 5.41 Å². The summed E-state index contributed by atoms with van der Waals surface area (Å²) in [6.07, 6.45) is 13.5. The largest absolute Gasteiger partial charge is 0.465 e. The Bertz CT molecular complexity index is 676. The van der Waals surface area contributed by atoms with E-state index in [0.29, 0.717) is 17.9 Å². The highest BCUT2D eigenvalue weighted by Gasteiger charge is 2.39. The first-order valence-corrected chi connectivity index (χ1v) is 11.8. The number of unbranched alkanes of at least 4 members (excludes halogenated alkanes) is 10. The van der Waals surface area contributed by atoms with Gasteiger partial charge in [-0.15, -0.1) is 0 Å². The van der Waals surface area contributed by atoms with E-state index in [4.69, 9.17) is 9.47 Å². The fourth-order valence-corrected chi connectivity index (χ4v) is 3.19. The number of benzene rings is 1. The average Bonchev–Trinajstić information content (AvgIpc) is 2.74. The lowest BCUT2D eigenvalue weighted by Crippen LogP contribution is -2.38. The second-order valence-electron chi connectivity index (χ2n) is 8.77. The first kappa shape index (κ1) is 26.9. The minimum atomic E-state index is -1.39. The standard InChI is InChI=1S/C26H40O5/c1-5-6-7-8-9-10-11-12-13-14-15-20-30-24(28)26(3,4)25(29)31-23-18-16-22(17-19-23)21(2)27/h16-19H,5-15,20H2,1-4H3. The zero-order chi connectivity index (χ0) is 23.1. The molecule has 31 heavy (non-hydrogen) atoms. The van der Waals surface area contributed by atoms with Gasteiger partial charge in [-0.25, -0.2) is 0 Å². The second-order valence-corrected chi connectivity index (χ2v) is 8.77. The Morgan fingerprint density at radius 1 is 0.742 bits per heavy atom. The van der Waals surface area contributed by atoms with Gasteiger partial charge in [0.25, 0.3) is 0 Å². The molecule has 5 heteroatoms. The molecule has 0 bridgehead atoms. The number of ketones is 1. The van der Waals surface area contributed by atoms with Crippen LogP contribution in [0, 0.1) is 5.41 Å². The normalized spacial score (nSPS) is 11.2. The zero-order valence-corrected chi connectivity index (χ0v) is 19.8. The van der Waals surface area contributed by atoms with Crippen LogP contribution in [-0.4, -0.2) is 24.3 Å². The highest BCUT2D eigenvalue weighted by molar-refractivity contribution is 6.00. The van der Waals surface area contributed by atoms with Crippen molar-refractivity contribution in [3.8, 4) is 5.75 Å². The van der Waals surface area contributed by atoms with Crippen molar-refractivity contribution in [3.63, 3.8) is 0 Å². The van der Waals surface area contributed by atoms with E-state index in [2.05, 4.69) is 6.92 Å². The average molecular weight is 433 g/mol. The van der Waals surface area contributed by atoms with Crippen LogP contribution >= 0.6 is 0 Å². The van der Waals surface area contributed by atoms with E-state index >= 15 is 0 Å². The van der Waals surface area contributed by atoms with Gasteiger partial charge in [-0.2, -0.15) is 0 Å². The Kier molecular flexibility index (Phi) is 12.8. The molecule has 0 unspecified atom stereocenters. The second kappa shape index (κ2) is 14.8. The predicted molar refractivity (Wildman–Crippen MR) is 123 cm³/mol. The van der Waals surface area contributed by atoms with Gasteiger partial charge in [-0.1, -0.05) is 71.1 Å². The van der Waals surface area contributed by atoms with Gasteiger partial charge in [0.15, 0.2) is 11.2 Å². The number of ether oxygens (including phenoxy) is 2. The van der Waals surface area contributed by atoms with E-state index in [1.807, 2.05) is 0 Å². The minimum Gasteiger partial charge on any atom is -0.465 e. The molecule has 0 spiro atoms. The predicted octanol–water partition coefficient (Wildman–Crippen LogP) is 6.68. The Hall–Kier alpha value is -2.17. The van der Waals surface area contributed by atoms with Crippen LogP contribution in [0.3, 0.4) is 0 Å². The summed E-state index contributed by atoms with van der Waals surface area (Å²) >= 11 is 0. The smallest absolute Gasteiger partial charge is 0.328 e. The monoisotopic (exact) mass is 432 g/mol. The third kappa shape index (κ3) is 10.6. The van der Waals surface area contributed by atoms with Crippen molar-refractivity contribution in [1.29, 1.82) is 0 Å². The van der Waals surface area contributed by atoms with E-state index in [0.717, 1.165) is 19.3 Å². The van der Waals surface area contributed by atoms with Crippen molar-refractivity contribution < 1.29 is 23.9 Å². The van der Waals surface area contributed by atoms with Gasteiger partial charge in [0.05, 0.1) is 6.61 Å². The molecule has 0 aliphatic rings. The topological polar surface area (TPSA) is 69.7 Å². The Labute approximate surface area is 187 Å². The number of hydrogen-bond donors (Lipinski definition) is 0. The van der Waals surface area contributed by atoms with Crippen molar-refractivity contribution >= 4 is 17.7 Å². The number of rotatable bonds is 16. The molecule has 0 N–H and O–H groups in total. The summed E-state index contributed by atoms with van der Waals surface area (Å²) < 4.78 is 10.6. The van der Waals surface area contributed by atoms with Crippen LogP contribution in [0.25, 0.3) is 0 Å². The lowest BCUT2D eigenvalue weighted by atomic mass is 9.94. The Morgan fingerprint density at radius 3 is 1.71 bits per heavy atom. The van der Waals surface area contributed by atoms with Crippen LogP contribution in [0.15, 0.2) is 24.3 Å². The third-order valence-electron chi connectivity index (χ3n) is 5.47. The molecule has 174 valence electrons. The molecule has 1 aromatic rings. The van der Waals surface area contributed by atoms with Gasteiger partial charge in [-0.3, -0.25) is 14.4 Å². The van der Waals surface area contributed by atoms with E-state index in [1.54, 1.807) is 24.3 Å². The third-order valence-corrected chi connectivity index (χ3v) is 5.47. The summed E-state index contributed by atoms with van der Waals surface area (Å²) in [5.41, 5.74) is -0.859. The molecule has 1 aromatic carbocycles. The molecular weight excluding hydrogens is 392 g/mol. The summed E-state index contributed by atoms with van der Waals surface area (Å²) in [6.45, 7) is 7.03. The maximum atomic E-state index is 12.4. The fraction of sp³-hybridized carbons (Fsp3) is 0.654. The molecule has 5 nitrogen and oxygen atoms in total. The van der Waals surface area contributed by atoms with Crippen LogP contribution in [0.1, 0.15) is 109 Å². The van der Waals surface area contributed by atoms with E-state index in [9.17, 15) is 14.4 Å². The van der Waals surface area contributed by atoms with E-state index in [1.165, 1.54) is 72.1 Å². The summed E-state index contributed by atoms with van der Waals surface area (Å²) in [4.78, 5) is 36.1. The number of hydrogen-bond acceptors (Lipinski definition) is 5. The molecule has 0 aliphatic carbocycles. The summed E-state index contributed by atoms with van der Waals surface area (Å²) in [5.74, 6) is -1.03. The van der Waals surface area contributed by atoms with Crippen LogP contribution < -0.4 is 4.74 Å². The number of Topliss-reactive ketones (excluding diaryl/α,β-unsaturated/α-hetero) is 1. The SMILES string of the molecule is CCCCCCCCCCCCCOC(=O)C(C)(C)C(=O)Oc1ccc(C(C)=O)cc1. The minimum absolute atomic E-state index is 0.0656. The van der Waals surface area contributed by atoms with Crippen LogP contribution in [0.2, 0.25) is 0 Å². The molecule has 1 rings (SSSR count). The van der Waals surface area contributed by atoms with Crippen LogP contribution in [0.5, 0.6) is 5.75 Å². The first-order valence-electron chi connectivity index (χ1n) is 11.8. The fourth-order valence-electron chi connectivity index (χ4n) is 3.19. The van der Waals surface area contributed by atoms with Gasteiger partial charge < -0.3 is 9.47 Å². The Balaban J connectivity index is 2.20. The van der Waals surface area contributed by atoms with E-state index < -0.39 is 17.4 Å². The lowest BCUT2D eigenvalue weighted by molar-refractivity contribution is -0.164. The zero-order valence-electron chi connectivity index (χ0n) is 19.8. The van der Waals surface area contributed by atoms with Gasteiger partial charge in [0, 0.05) is 5.56 Å². The number of carbonyl (C=O) groups excluding carboxylic acids is 3. The molecule has 0 atom stereocenters. The van der Waals surface area contributed by atoms with E-state index in [-0.39, 0.29) is 5.78 Å². The number of carbonyl (C=O) groups is 3. The molecular formula is C26H40O5. The molecule has 0 saturated carbocycles. The van der Waals surface area contributed by atoms with Gasteiger partial charge in [0.2, 0.25) is 0 Å². The summed E-state index contributed by atoms with van der Waals surface area (Å²) in [5, 5.41) is 0. The maximum absolute atomic E-state index is 12.4. The van der Waals surface area contributed by atoms with Crippen molar-refractivity contribution in [2.45, 2.75) is 98.3 Å². The van der Waals surface area contributed by atoms with Crippen molar-refractivity contribution in [3.05, 3.63) is 29.8 Å². The highest BCUT2D eigenvalue weighted by Crippen LogP contribution is 2.23. The van der Waals surface area contributed by atoms with Crippen LogP contribution in [0.4, 0.5) is 0 Å². The van der Waals surface area contributed by atoms with Gasteiger partial charge >= 0.3 is 11.9 Å². The summed E-state index contributed by atoms with van der Waals surface area (Å²) in [7, 11) is 0. The van der Waals surface area contributed by atoms with Gasteiger partial charge in [0.1, 0.15) is 5.75 Å². The molecule has 0 fully saturated rings. The lowest BCUT2D eigenvalue weighted by Gasteiger charge is -2.20. The number of esters is 2. The molecule has 0 heterocycles. The van der Waals surface area contributed by atoms with Crippen molar-refractivity contribution in [2.75, 3.05) is 6.61 Å². The molecule has 0 saturated heterocycles. The maximum Gasteiger partial charge on any atom is 0.328 e. The molecule has 0 radical (unpaired) electrons. The molecule has 0 aromatic heterocycles. The summed E-state index contributed by atoms with van der Waals surface area (Å²) in [6, 6.07) is 6.26. The highest BCUT2D eigenvalue weighted by atomic mass is 16.6. The molecule has 0 amide bonds. The van der Waals surface area contributed by atoms with Crippen LogP contribution in [-0.2, 0) is 14.3 Å². The first-order chi connectivity index (χ1) is 14.8.